The molecule has 66 heavy (non-hydrogen) atoms. The van der Waals surface area contributed by atoms with Gasteiger partial charge in [0.05, 0.1) is 0 Å². The summed E-state index contributed by atoms with van der Waals surface area (Å²) in [6, 6.07) is 0. The average molecular weight is 924 g/mol. The van der Waals surface area contributed by atoms with Gasteiger partial charge in [0, 0.05) is 19.3 Å². The van der Waals surface area contributed by atoms with Crippen LogP contribution < -0.4 is 0 Å². The maximum absolute atomic E-state index is 12.8. The number of allylic oxidation sites excluding steroid dienone is 10. The summed E-state index contributed by atoms with van der Waals surface area (Å²) in [5.74, 6) is -0.906. The lowest BCUT2D eigenvalue weighted by atomic mass is 10.0. The van der Waals surface area contributed by atoms with E-state index in [2.05, 4.69) is 81.5 Å². The Balaban J connectivity index is 4.37. The van der Waals surface area contributed by atoms with E-state index in [9.17, 15) is 14.4 Å². The van der Waals surface area contributed by atoms with Crippen molar-refractivity contribution in [3.8, 4) is 0 Å². The summed E-state index contributed by atoms with van der Waals surface area (Å²) < 4.78 is 16.8. The third-order valence-electron chi connectivity index (χ3n) is 12.3. The Morgan fingerprint density at radius 2 is 0.591 bits per heavy atom. The molecule has 0 aliphatic heterocycles. The molecule has 0 N–H and O–H groups in total. The molecule has 0 fully saturated rings. The number of carbonyl (C=O) groups is 3. The van der Waals surface area contributed by atoms with Crippen LogP contribution in [-0.2, 0) is 28.6 Å². The highest BCUT2D eigenvalue weighted by molar-refractivity contribution is 5.71. The van der Waals surface area contributed by atoms with Crippen molar-refractivity contribution < 1.29 is 28.6 Å². The Labute approximate surface area is 409 Å². The lowest BCUT2D eigenvalue weighted by Crippen LogP contribution is -2.30. The molecule has 0 aromatic rings. The van der Waals surface area contributed by atoms with Crippen molar-refractivity contribution >= 4 is 17.9 Å². The van der Waals surface area contributed by atoms with Crippen LogP contribution in [0.1, 0.15) is 284 Å². The minimum absolute atomic E-state index is 0.0836. The van der Waals surface area contributed by atoms with E-state index < -0.39 is 6.10 Å². The molecule has 0 spiro atoms. The molecule has 1 atom stereocenters. The van der Waals surface area contributed by atoms with Crippen molar-refractivity contribution in [2.75, 3.05) is 13.2 Å². The molecular weight excluding hydrogens is 817 g/mol. The first-order chi connectivity index (χ1) is 32.5. The van der Waals surface area contributed by atoms with E-state index in [0.29, 0.717) is 19.3 Å². The molecule has 0 heterocycles. The molecule has 6 heteroatoms. The van der Waals surface area contributed by atoms with Gasteiger partial charge in [-0.1, -0.05) is 242 Å². The second-order valence-electron chi connectivity index (χ2n) is 18.8. The first kappa shape index (κ1) is 63.1. The number of hydrogen-bond acceptors (Lipinski definition) is 6. The summed E-state index contributed by atoms with van der Waals surface area (Å²) in [4.78, 5) is 38.1. The predicted molar refractivity (Wildman–Crippen MR) is 284 cm³/mol. The van der Waals surface area contributed by atoms with Crippen LogP contribution in [0, 0.1) is 0 Å². The van der Waals surface area contributed by atoms with Gasteiger partial charge in [-0.15, -0.1) is 0 Å². The fourth-order valence-corrected chi connectivity index (χ4v) is 8.02. The molecule has 0 saturated carbocycles. The number of rotatable bonds is 51. The largest absolute Gasteiger partial charge is 0.462 e. The molecule has 0 radical (unpaired) electrons. The van der Waals surface area contributed by atoms with E-state index in [1.54, 1.807) is 0 Å². The zero-order chi connectivity index (χ0) is 47.9. The van der Waals surface area contributed by atoms with Gasteiger partial charge >= 0.3 is 17.9 Å². The second kappa shape index (κ2) is 54.7. The Morgan fingerprint density at radius 3 is 0.970 bits per heavy atom. The predicted octanol–water partition coefficient (Wildman–Crippen LogP) is 18.8. The third kappa shape index (κ3) is 52.1. The van der Waals surface area contributed by atoms with Gasteiger partial charge in [-0.2, -0.15) is 0 Å². The minimum Gasteiger partial charge on any atom is -0.462 e. The quantitative estimate of drug-likeness (QED) is 0.0262. The van der Waals surface area contributed by atoms with Crippen molar-refractivity contribution in [2.45, 2.75) is 290 Å². The topological polar surface area (TPSA) is 78.9 Å². The maximum Gasteiger partial charge on any atom is 0.306 e. The summed E-state index contributed by atoms with van der Waals surface area (Å²) in [5, 5.41) is 0. The molecule has 0 aliphatic rings. The van der Waals surface area contributed by atoms with Crippen LogP contribution in [0.2, 0.25) is 0 Å². The number of ether oxygens (including phenoxy) is 3. The van der Waals surface area contributed by atoms with Crippen LogP contribution in [0.3, 0.4) is 0 Å². The van der Waals surface area contributed by atoms with Gasteiger partial charge in [-0.3, -0.25) is 14.4 Å². The Bertz CT molecular complexity index is 1200. The molecule has 382 valence electrons. The smallest absolute Gasteiger partial charge is 0.306 e. The van der Waals surface area contributed by atoms with E-state index in [4.69, 9.17) is 14.2 Å². The summed E-state index contributed by atoms with van der Waals surface area (Å²) >= 11 is 0. The highest BCUT2D eigenvalue weighted by Gasteiger charge is 2.19. The molecule has 6 nitrogen and oxygen atoms in total. The Kier molecular flexibility index (Phi) is 52.3. The molecule has 0 aromatic carbocycles. The van der Waals surface area contributed by atoms with Crippen LogP contribution in [0.15, 0.2) is 60.8 Å². The first-order valence-corrected chi connectivity index (χ1v) is 28.3. The highest BCUT2D eigenvalue weighted by Crippen LogP contribution is 2.16. The van der Waals surface area contributed by atoms with E-state index >= 15 is 0 Å². The van der Waals surface area contributed by atoms with Crippen LogP contribution >= 0.6 is 0 Å². The van der Waals surface area contributed by atoms with Gasteiger partial charge in [-0.25, -0.2) is 0 Å². The molecule has 1 unspecified atom stereocenters. The third-order valence-corrected chi connectivity index (χ3v) is 12.3. The number of unbranched alkanes of at least 4 members (excludes halogenated alkanes) is 30. The first-order valence-electron chi connectivity index (χ1n) is 28.3. The molecular formula is C60H106O6. The molecule has 0 aromatic heterocycles. The fraction of sp³-hybridized carbons (Fsp3) is 0.783. The van der Waals surface area contributed by atoms with E-state index in [0.717, 1.165) is 89.9 Å². The van der Waals surface area contributed by atoms with Crippen molar-refractivity contribution in [3.63, 3.8) is 0 Å². The second-order valence-corrected chi connectivity index (χ2v) is 18.8. The van der Waals surface area contributed by atoms with Gasteiger partial charge in [0.1, 0.15) is 13.2 Å². The molecule has 0 aliphatic carbocycles. The fourth-order valence-electron chi connectivity index (χ4n) is 8.02. The standard InChI is InChI=1S/C60H106O6/c1-4-7-10-13-16-19-22-25-27-29-30-31-33-35-38-41-44-47-50-53-59(62)65-56-57(55-64-58(61)52-49-46-43-40-37-34-24-21-18-15-12-9-6-3)66-60(63)54-51-48-45-42-39-36-32-28-26-23-20-17-14-11-8-5-2/h9,12,16,18-19,21,25,27,34,37,57H,4-8,10-11,13-15,17,20,22-24,26,28-33,35-36,38-56H2,1-3H3/b12-9-,19-16-,21-18-,27-25-,37-34-. The maximum atomic E-state index is 12.8. The lowest BCUT2D eigenvalue weighted by molar-refractivity contribution is -0.167. The van der Waals surface area contributed by atoms with Crippen molar-refractivity contribution in [2.24, 2.45) is 0 Å². The molecule has 0 rings (SSSR count). The SMILES string of the molecule is CC/C=C\C/C=C\C/C=C\CCCCCC(=O)OCC(COC(=O)CCCCCCCCCCC/C=C\C/C=C\CCCCC)OC(=O)CCCCCCCCCCCCCCCCCC. The van der Waals surface area contributed by atoms with E-state index in [1.807, 2.05) is 0 Å². The van der Waals surface area contributed by atoms with Gasteiger partial charge < -0.3 is 14.2 Å². The van der Waals surface area contributed by atoms with Crippen LogP contribution in [0.5, 0.6) is 0 Å². The van der Waals surface area contributed by atoms with Crippen molar-refractivity contribution in [1.29, 1.82) is 0 Å². The lowest BCUT2D eigenvalue weighted by Gasteiger charge is -2.18. The Morgan fingerprint density at radius 1 is 0.318 bits per heavy atom. The summed E-state index contributed by atoms with van der Waals surface area (Å²) in [7, 11) is 0. The van der Waals surface area contributed by atoms with Gasteiger partial charge in [0.2, 0.25) is 0 Å². The number of esters is 3. The zero-order valence-corrected chi connectivity index (χ0v) is 43.7. The van der Waals surface area contributed by atoms with Crippen molar-refractivity contribution in [3.05, 3.63) is 60.8 Å². The Hall–Kier alpha value is -2.89. The van der Waals surface area contributed by atoms with Gasteiger partial charge in [-0.05, 0) is 83.5 Å². The van der Waals surface area contributed by atoms with E-state index in [1.165, 1.54) is 154 Å². The average Bonchev–Trinajstić information content (AvgIpc) is 3.31. The normalized spacial score (nSPS) is 12.5. The summed E-state index contributed by atoms with van der Waals surface area (Å²) in [5.41, 5.74) is 0. The molecule has 0 saturated heterocycles. The minimum atomic E-state index is -0.786. The number of carbonyl (C=O) groups excluding carboxylic acids is 3. The zero-order valence-electron chi connectivity index (χ0n) is 43.7. The van der Waals surface area contributed by atoms with Gasteiger partial charge in [0.25, 0.3) is 0 Å². The summed E-state index contributed by atoms with van der Waals surface area (Å²) in [6.07, 6.45) is 67.8. The summed E-state index contributed by atoms with van der Waals surface area (Å²) in [6.45, 7) is 6.50. The monoisotopic (exact) mass is 923 g/mol. The molecule has 0 bridgehead atoms. The van der Waals surface area contributed by atoms with Crippen LogP contribution in [0.4, 0.5) is 0 Å². The molecule has 0 amide bonds. The van der Waals surface area contributed by atoms with Crippen LogP contribution in [0.25, 0.3) is 0 Å². The van der Waals surface area contributed by atoms with Gasteiger partial charge in [0.15, 0.2) is 6.10 Å². The highest BCUT2D eigenvalue weighted by atomic mass is 16.6. The number of hydrogen-bond donors (Lipinski definition) is 0. The van der Waals surface area contributed by atoms with E-state index in [-0.39, 0.29) is 31.1 Å². The van der Waals surface area contributed by atoms with Crippen LogP contribution in [-0.4, -0.2) is 37.2 Å². The van der Waals surface area contributed by atoms with Crippen molar-refractivity contribution in [1.82, 2.24) is 0 Å².